The van der Waals surface area contributed by atoms with E-state index in [1.165, 1.54) is 4.90 Å². The second-order valence-electron chi connectivity index (χ2n) is 4.62. The highest BCUT2D eigenvalue weighted by molar-refractivity contribution is 5.83. The van der Waals surface area contributed by atoms with Gasteiger partial charge in [-0.2, -0.15) is 0 Å². The Kier molecular flexibility index (Phi) is 3.51. The van der Waals surface area contributed by atoms with Crippen LogP contribution in [0.4, 0.5) is 4.79 Å². The molecular formula is C11H18N2O4. The Labute approximate surface area is 99.8 Å². The molecule has 1 atom stereocenters. The predicted molar refractivity (Wildman–Crippen MR) is 59.6 cm³/mol. The normalized spacial score (nSPS) is 23.8. The van der Waals surface area contributed by atoms with Crippen molar-refractivity contribution in [2.45, 2.75) is 37.8 Å². The lowest BCUT2D eigenvalue weighted by atomic mass is 10.2. The summed E-state index contributed by atoms with van der Waals surface area (Å²) in [5.74, 6) is -0.935. The number of hydrogen-bond donors (Lipinski definition) is 2. The molecule has 96 valence electrons. The summed E-state index contributed by atoms with van der Waals surface area (Å²) in [5, 5.41) is 18.0. The van der Waals surface area contributed by atoms with Crippen LogP contribution in [0.15, 0.2) is 0 Å². The molecule has 1 aliphatic carbocycles. The number of carbonyl (C=O) groups is 2. The highest BCUT2D eigenvalue weighted by Crippen LogP contribution is 2.29. The molecule has 1 aliphatic heterocycles. The van der Waals surface area contributed by atoms with Crippen LogP contribution in [0.3, 0.4) is 0 Å². The van der Waals surface area contributed by atoms with Crippen LogP contribution in [-0.2, 0) is 4.79 Å². The summed E-state index contributed by atoms with van der Waals surface area (Å²) in [4.78, 5) is 26.3. The molecule has 0 radical (unpaired) electrons. The first-order valence-corrected chi connectivity index (χ1v) is 6.06. The summed E-state index contributed by atoms with van der Waals surface area (Å²) in [7, 11) is 0. The summed E-state index contributed by atoms with van der Waals surface area (Å²) >= 11 is 0. The molecule has 1 heterocycles. The number of aliphatic hydroxyl groups is 1. The van der Waals surface area contributed by atoms with Crippen LogP contribution >= 0.6 is 0 Å². The van der Waals surface area contributed by atoms with Crippen molar-refractivity contribution in [2.75, 3.05) is 19.7 Å². The average Bonchev–Trinajstić information content (AvgIpc) is 3.00. The highest BCUT2D eigenvalue weighted by Gasteiger charge is 2.40. The van der Waals surface area contributed by atoms with E-state index in [4.69, 9.17) is 10.2 Å². The van der Waals surface area contributed by atoms with Crippen molar-refractivity contribution in [2.24, 2.45) is 0 Å². The molecule has 2 fully saturated rings. The number of hydrogen-bond acceptors (Lipinski definition) is 3. The van der Waals surface area contributed by atoms with Crippen LogP contribution < -0.4 is 0 Å². The van der Waals surface area contributed by atoms with Crippen molar-refractivity contribution < 1.29 is 19.8 Å². The molecule has 6 nitrogen and oxygen atoms in total. The molecule has 1 saturated carbocycles. The van der Waals surface area contributed by atoms with Crippen molar-refractivity contribution in [1.82, 2.24) is 9.80 Å². The van der Waals surface area contributed by atoms with Gasteiger partial charge in [0.25, 0.3) is 0 Å². The maximum atomic E-state index is 12.2. The largest absolute Gasteiger partial charge is 0.480 e. The van der Waals surface area contributed by atoms with Crippen LogP contribution in [0.2, 0.25) is 0 Å². The van der Waals surface area contributed by atoms with E-state index < -0.39 is 12.0 Å². The third-order valence-corrected chi connectivity index (χ3v) is 3.36. The Morgan fingerprint density at radius 2 is 2.00 bits per heavy atom. The van der Waals surface area contributed by atoms with E-state index in [9.17, 15) is 9.59 Å². The molecule has 2 amide bonds. The van der Waals surface area contributed by atoms with Gasteiger partial charge in [-0.25, -0.2) is 9.59 Å². The van der Waals surface area contributed by atoms with Crippen molar-refractivity contribution >= 4 is 12.0 Å². The first-order chi connectivity index (χ1) is 8.15. The van der Waals surface area contributed by atoms with Crippen LogP contribution in [0.5, 0.6) is 0 Å². The lowest BCUT2D eigenvalue weighted by Crippen LogP contribution is -2.49. The number of likely N-dealkylation sites (tertiary alicyclic amines) is 1. The van der Waals surface area contributed by atoms with Gasteiger partial charge in [0.1, 0.15) is 6.04 Å². The molecule has 2 rings (SSSR count). The number of carbonyl (C=O) groups excluding carboxylic acids is 1. The van der Waals surface area contributed by atoms with Crippen molar-refractivity contribution in [3.8, 4) is 0 Å². The van der Waals surface area contributed by atoms with E-state index >= 15 is 0 Å². The van der Waals surface area contributed by atoms with E-state index in [0.29, 0.717) is 19.5 Å². The number of rotatable bonds is 4. The zero-order valence-corrected chi connectivity index (χ0v) is 9.71. The molecule has 2 aliphatic rings. The van der Waals surface area contributed by atoms with Gasteiger partial charge in [-0.15, -0.1) is 0 Å². The number of amides is 2. The molecular weight excluding hydrogens is 224 g/mol. The fourth-order valence-electron chi connectivity index (χ4n) is 2.35. The van der Waals surface area contributed by atoms with Gasteiger partial charge in [-0.1, -0.05) is 0 Å². The SMILES string of the molecule is O=C(O)C1CCCN1C(=O)N(CCO)C1CC1. The molecule has 0 spiro atoms. The fraction of sp³-hybridized carbons (Fsp3) is 0.818. The Morgan fingerprint density at radius 3 is 2.53 bits per heavy atom. The van der Waals surface area contributed by atoms with Crippen molar-refractivity contribution in [3.05, 3.63) is 0 Å². The monoisotopic (exact) mass is 242 g/mol. The fourth-order valence-corrected chi connectivity index (χ4v) is 2.35. The lowest BCUT2D eigenvalue weighted by Gasteiger charge is -2.30. The summed E-state index contributed by atoms with van der Waals surface area (Å²) in [6.07, 6.45) is 3.17. The number of nitrogens with zero attached hydrogens (tertiary/aromatic N) is 2. The maximum absolute atomic E-state index is 12.2. The van der Waals surface area contributed by atoms with E-state index in [-0.39, 0.29) is 18.7 Å². The van der Waals surface area contributed by atoms with Gasteiger partial charge in [-0.3, -0.25) is 0 Å². The zero-order chi connectivity index (χ0) is 12.4. The first kappa shape index (κ1) is 12.2. The molecule has 0 bridgehead atoms. The zero-order valence-electron chi connectivity index (χ0n) is 9.71. The summed E-state index contributed by atoms with van der Waals surface area (Å²) < 4.78 is 0. The van der Waals surface area contributed by atoms with Crippen molar-refractivity contribution in [1.29, 1.82) is 0 Å². The quantitative estimate of drug-likeness (QED) is 0.733. The van der Waals surface area contributed by atoms with E-state index in [1.54, 1.807) is 4.90 Å². The molecule has 17 heavy (non-hydrogen) atoms. The molecule has 6 heteroatoms. The summed E-state index contributed by atoms with van der Waals surface area (Å²) in [5.41, 5.74) is 0. The topological polar surface area (TPSA) is 81.1 Å². The van der Waals surface area contributed by atoms with Gasteiger partial charge in [0.15, 0.2) is 0 Å². The average molecular weight is 242 g/mol. The van der Waals surface area contributed by atoms with Crippen LogP contribution in [-0.4, -0.2) is 63.8 Å². The molecule has 2 N–H and O–H groups in total. The van der Waals surface area contributed by atoms with E-state index in [1.807, 2.05) is 0 Å². The highest BCUT2D eigenvalue weighted by atomic mass is 16.4. The van der Waals surface area contributed by atoms with E-state index in [2.05, 4.69) is 0 Å². The van der Waals surface area contributed by atoms with Gasteiger partial charge in [-0.05, 0) is 25.7 Å². The minimum Gasteiger partial charge on any atom is -0.480 e. The minimum absolute atomic E-state index is 0.0756. The number of carboxylic acid groups (broad SMARTS) is 1. The third-order valence-electron chi connectivity index (χ3n) is 3.36. The smallest absolute Gasteiger partial charge is 0.326 e. The minimum atomic E-state index is -0.935. The molecule has 0 aromatic carbocycles. The molecule has 1 unspecified atom stereocenters. The van der Waals surface area contributed by atoms with Crippen LogP contribution in [0.1, 0.15) is 25.7 Å². The maximum Gasteiger partial charge on any atom is 0.326 e. The Hall–Kier alpha value is -1.30. The van der Waals surface area contributed by atoms with Gasteiger partial charge >= 0.3 is 12.0 Å². The Morgan fingerprint density at radius 1 is 1.29 bits per heavy atom. The number of aliphatic carboxylic acids is 1. The van der Waals surface area contributed by atoms with Gasteiger partial charge in [0.2, 0.25) is 0 Å². The second-order valence-corrected chi connectivity index (χ2v) is 4.62. The predicted octanol–water partition coefficient (Wildman–Crippen LogP) is 0.112. The van der Waals surface area contributed by atoms with Gasteiger partial charge in [0, 0.05) is 19.1 Å². The lowest BCUT2D eigenvalue weighted by molar-refractivity contribution is -0.141. The Bertz CT molecular complexity index is 317. The molecule has 0 aromatic heterocycles. The van der Waals surface area contributed by atoms with E-state index in [0.717, 1.165) is 19.3 Å². The third kappa shape index (κ3) is 2.52. The molecule has 0 aromatic rings. The van der Waals surface area contributed by atoms with Crippen LogP contribution in [0, 0.1) is 0 Å². The standard InChI is InChI=1S/C11H18N2O4/c14-7-6-12(8-3-4-8)11(17)13-5-1-2-9(13)10(15)16/h8-9,14H,1-7H2,(H,15,16). The summed E-state index contributed by atoms with van der Waals surface area (Å²) in [6, 6.07) is -0.724. The number of aliphatic hydroxyl groups excluding tert-OH is 1. The number of carboxylic acids is 1. The summed E-state index contributed by atoms with van der Waals surface area (Å²) in [6.45, 7) is 0.727. The molecule has 1 saturated heterocycles. The second kappa shape index (κ2) is 4.91. The van der Waals surface area contributed by atoms with Gasteiger partial charge in [0.05, 0.1) is 6.61 Å². The Balaban J connectivity index is 2.03. The number of urea groups is 1. The van der Waals surface area contributed by atoms with Crippen molar-refractivity contribution in [3.63, 3.8) is 0 Å². The van der Waals surface area contributed by atoms with Crippen LogP contribution in [0.25, 0.3) is 0 Å². The van der Waals surface area contributed by atoms with Gasteiger partial charge < -0.3 is 20.0 Å². The first-order valence-electron chi connectivity index (χ1n) is 6.06.